The third kappa shape index (κ3) is 6.26. The second kappa shape index (κ2) is 12.5. The van der Waals surface area contributed by atoms with Crippen molar-refractivity contribution in [1.82, 2.24) is 15.5 Å². The number of hydrogen-bond acceptors (Lipinski definition) is 6. The summed E-state index contributed by atoms with van der Waals surface area (Å²) in [6, 6.07) is 24.9. The lowest BCUT2D eigenvalue weighted by Crippen LogP contribution is -2.65. The molecular weight excluding hydrogens is 522 g/mol. The molecule has 1 saturated heterocycles. The van der Waals surface area contributed by atoms with Gasteiger partial charge in [0.2, 0.25) is 5.91 Å². The van der Waals surface area contributed by atoms with Gasteiger partial charge in [-0.3, -0.25) is 9.69 Å². The van der Waals surface area contributed by atoms with Crippen LogP contribution in [0, 0.1) is 0 Å². The van der Waals surface area contributed by atoms with E-state index in [4.69, 9.17) is 9.47 Å². The van der Waals surface area contributed by atoms with E-state index in [0.29, 0.717) is 32.5 Å². The SMILES string of the molecule is COCC(NC(=O)C1(NC(=O)OCC2c3ccccc3-c3ccccc32)CCN(Cc2ccccc2)CC1)C(=O)O. The molecule has 41 heavy (non-hydrogen) atoms. The van der Waals surface area contributed by atoms with E-state index in [-0.39, 0.29) is 19.1 Å². The third-order valence-electron chi connectivity index (χ3n) is 8.02. The molecule has 5 rings (SSSR count). The molecule has 0 radical (unpaired) electrons. The lowest BCUT2D eigenvalue weighted by atomic mass is 9.86. The molecule has 0 bridgehead atoms. The number of rotatable bonds is 10. The van der Waals surface area contributed by atoms with Gasteiger partial charge in [0.1, 0.15) is 12.1 Å². The van der Waals surface area contributed by atoms with E-state index in [1.54, 1.807) is 0 Å². The molecule has 0 spiro atoms. The van der Waals surface area contributed by atoms with Gasteiger partial charge in [0.15, 0.2) is 6.04 Å². The summed E-state index contributed by atoms with van der Waals surface area (Å²) in [5, 5.41) is 15.0. The number of piperidine rings is 1. The number of benzene rings is 3. The van der Waals surface area contributed by atoms with Crippen LogP contribution in [0.25, 0.3) is 11.1 Å². The van der Waals surface area contributed by atoms with Crippen LogP contribution in [0.1, 0.15) is 35.4 Å². The predicted octanol–water partition coefficient (Wildman–Crippen LogP) is 3.78. The fourth-order valence-corrected chi connectivity index (χ4v) is 5.81. The summed E-state index contributed by atoms with van der Waals surface area (Å²) >= 11 is 0. The fourth-order valence-electron chi connectivity index (χ4n) is 5.81. The number of methoxy groups -OCH3 is 1. The highest BCUT2D eigenvalue weighted by atomic mass is 16.5. The molecular formula is C32H35N3O6. The lowest BCUT2D eigenvalue weighted by molar-refractivity contribution is -0.145. The molecule has 1 heterocycles. The van der Waals surface area contributed by atoms with Crippen molar-refractivity contribution in [3.05, 3.63) is 95.6 Å². The fraction of sp³-hybridized carbons (Fsp3) is 0.344. The van der Waals surface area contributed by atoms with E-state index < -0.39 is 29.6 Å². The lowest BCUT2D eigenvalue weighted by Gasteiger charge is -2.41. The summed E-state index contributed by atoms with van der Waals surface area (Å²) in [5.74, 6) is -1.89. The van der Waals surface area contributed by atoms with E-state index in [1.807, 2.05) is 66.7 Å². The average Bonchev–Trinajstić information content (AvgIpc) is 3.31. The zero-order chi connectivity index (χ0) is 28.8. The monoisotopic (exact) mass is 557 g/mol. The van der Waals surface area contributed by atoms with E-state index >= 15 is 0 Å². The first-order valence-electron chi connectivity index (χ1n) is 13.8. The minimum absolute atomic E-state index is 0.110. The Bertz CT molecular complexity index is 1340. The van der Waals surface area contributed by atoms with E-state index in [1.165, 1.54) is 7.11 Å². The normalized spacial score (nSPS) is 16.7. The van der Waals surface area contributed by atoms with Gasteiger partial charge in [-0.05, 0) is 40.7 Å². The minimum Gasteiger partial charge on any atom is -0.480 e. The van der Waals surface area contributed by atoms with Crippen molar-refractivity contribution < 1.29 is 29.0 Å². The summed E-state index contributed by atoms with van der Waals surface area (Å²) in [7, 11) is 1.37. The molecule has 2 amide bonds. The first-order chi connectivity index (χ1) is 19.9. The number of alkyl carbamates (subject to hydrolysis) is 1. The maximum Gasteiger partial charge on any atom is 0.408 e. The number of nitrogens with zero attached hydrogens (tertiary/aromatic N) is 1. The highest BCUT2D eigenvalue weighted by molar-refractivity contribution is 5.93. The number of ether oxygens (including phenoxy) is 2. The number of fused-ring (bicyclic) bond motifs is 3. The third-order valence-corrected chi connectivity index (χ3v) is 8.02. The molecule has 9 nitrogen and oxygen atoms in total. The second-order valence-electron chi connectivity index (χ2n) is 10.6. The van der Waals surface area contributed by atoms with Gasteiger partial charge in [0, 0.05) is 32.7 Å². The van der Waals surface area contributed by atoms with Crippen molar-refractivity contribution in [2.24, 2.45) is 0 Å². The number of hydrogen-bond donors (Lipinski definition) is 3. The Morgan fingerprint density at radius 3 is 2.10 bits per heavy atom. The Labute approximate surface area is 239 Å². The molecule has 9 heteroatoms. The van der Waals surface area contributed by atoms with Crippen LogP contribution in [0.2, 0.25) is 0 Å². The van der Waals surface area contributed by atoms with Crippen molar-refractivity contribution in [1.29, 1.82) is 0 Å². The topological polar surface area (TPSA) is 117 Å². The molecule has 1 atom stereocenters. The molecule has 1 fully saturated rings. The van der Waals surface area contributed by atoms with Crippen molar-refractivity contribution in [3.8, 4) is 11.1 Å². The first-order valence-corrected chi connectivity index (χ1v) is 13.8. The van der Waals surface area contributed by atoms with Crippen LogP contribution in [0.5, 0.6) is 0 Å². The summed E-state index contributed by atoms with van der Waals surface area (Å²) in [6.45, 7) is 1.70. The molecule has 3 N–H and O–H groups in total. The molecule has 1 aliphatic carbocycles. The van der Waals surface area contributed by atoms with Gasteiger partial charge in [-0.15, -0.1) is 0 Å². The van der Waals surface area contributed by atoms with Gasteiger partial charge in [-0.1, -0.05) is 78.9 Å². The first kappa shape index (κ1) is 28.3. The van der Waals surface area contributed by atoms with Crippen LogP contribution in [0.4, 0.5) is 4.79 Å². The zero-order valence-electron chi connectivity index (χ0n) is 23.0. The number of aliphatic carboxylic acids is 1. The molecule has 3 aromatic carbocycles. The van der Waals surface area contributed by atoms with Crippen LogP contribution in [-0.2, 0) is 25.6 Å². The van der Waals surface area contributed by atoms with Crippen molar-refractivity contribution >= 4 is 18.0 Å². The van der Waals surface area contributed by atoms with E-state index in [2.05, 4.69) is 27.7 Å². The van der Waals surface area contributed by atoms with E-state index in [9.17, 15) is 19.5 Å². The van der Waals surface area contributed by atoms with Gasteiger partial charge in [-0.2, -0.15) is 0 Å². The van der Waals surface area contributed by atoms with Crippen LogP contribution in [0.15, 0.2) is 78.9 Å². The number of amides is 2. The van der Waals surface area contributed by atoms with Crippen molar-refractivity contribution in [2.75, 3.05) is 33.4 Å². The summed E-state index contributed by atoms with van der Waals surface area (Å²) < 4.78 is 10.7. The van der Waals surface area contributed by atoms with Gasteiger partial charge in [-0.25, -0.2) is 9.59 Å². The van der Waals surface area contributed by atoms with Gasteiger partial charge in [0.25, 0.3) is 0 Å². The largest absolute Gasteiger partial charge is 0.480 e. The van der Waals surface area contributed by atoms with E-state index in [0.717, 1.165) is 27.8 Å². The van der Waals surface area contributed by atoms with Gasteiger partial charge >= 0.3 is 12.1 Å². The summed E-state index contributed by atoms with van der Waals surface area (Å²) in [5.41, 5.74) is 4.25. The molecule has 3 aromatic rings. The molecule has 2 aliphatic rings. The molecule has 1 aliphatic heterocycles. The van der Waals surface area contributed by atoms with Crippen LogP contribution in [0.3, 0.4) is 0 Å². The molecule has 0 aromatic heterocycles. The predicted molar refractivity (Wildman–Crippen MR) is 153 cm³/mol. The number of likely N-dealkylation sites (tertiary alicyclic amines) is 1. The smallest absolute Gasteiger partial charge is 0.408 e. The Hall–Kier alpha value is -4.21. The Morgan fingerprint density at radius 1 is 0.927 bits per heavy atom. The van der Waals surface area contributed by atoms with Gasteiger partial charge in [0.05, 0.1) is 6.61 Å². The number of carboxylic acids is 1. The highest BCUT2D eigenvalue weighted by Gasteiger charge is 2.44. The minimum atomic E-state index is -1.32. The average molecular weight is 558 g/mol. The number of nitrogens with one attached hydrogen (secondary N) is 2. The highest BCUT2D eigenvalue weighted by Crippen LogP contribution is 2.44. The van der Waals surface area contributed by atoms with Crippen LogP contribution >= 0.6 is 0 Å². The number of carboxylic acid groups (broad SMARTS) is 1. The summed E-state index contributed by atoms with van der Waals surface area (Å²) in [6.07, 6.45) is -0.109. The zero-order valence-corrected chi connectivity index (χ0v) is 23.0. The molecule has 1 unspecified atom stereocenters. The Morgan fingerprint density at radius 2 is 1.51 bits per heavy atom. The van der Waals surface area contributed by atoms with Crippen LogP contribution in [-0.4, -0.2) is 73.0 Å². The standard InChI is InChI=1S/C32H35N3O6/c1-40-21-28(29(36)37)33-30(38)32(15-17-35(18-16-32)19-22-9-3-2-4-10-22)34-31(39)41-20-27-25-13-7-5-11-23(25)24-12-6-8-14-26(24)27/h2-14,27-28H,15-21H2,1H3,(H,33,38)(H,34,39)(H,36,37). The van der Waals surface area contributed by atoms with Crippen molar-refractivity contribution in [3.63, 3.8) is 0 Å². The summed E-state index contributed by atoms with van der Waals surface area (Å²) in [4.78, 5) is 40.8. The van der Waals surface area contributed by atoms with Crippen LogP contribution < -0.4 is 10.6 Å². The maximum atomic E-state index is 13.6. The Balaban J connectivity index is 1.29. The molecule has 214 valence electrons. The maximum absolute atomic E-state index is 13.6. The van der Waals surface area contributed by atoms with Crippen molar-refractivity contribution in [2.45, 2.75) is 36.9 Å². The quantitative estimate of drug-likeness (QED) is 0.347. The van der Waals surface area contributed by atoms with Gasteiger partial charge < -0.3 is 25.2 Å². The number of carbonyl (C=O) groups excluding carboxylic acids is 2. The second-order valence-corrected chi connectivity index (χ2v) is 10.6. The Kier molecular flexibility index (Phi) is 8.66. The molecule has 0 saturated carbocycles. The number of carbonyl (C=O) groups is 3.